The average Bonchev–Trinajstić information content (AvgIpc) is 2.24. The van der Waals surface area contributed by atoms with Gasteiger partial charge in [-0.2, -0.15) is 0 Å². The Morgan fingerprint density at radius 1 is 1.41 bits per heavy atom. The molecule has 2 N–H and O–H groups in total. The van der Waals surface area contributed by atoms with Crippen molar-refractivity contribution in [1.82, 2.24) is 4.90 Å². The van der Waals surface area contributed by atoms with Gasteiger partial charge in [-0.3, -0.25) is 0 Å². The molecule has 5 heteroatoms. The number of nitrogen functional groups attached to an aromatic ring is 1. The first-order valence-corrected chi connectivity index (χ1v) is 6.76. The zero-order chi connectivity index (χ0) is 12.6. The van der Waals surface area contributed by atoms with Crippen molar-refractivity contribution in [3.63, 3.8) is 0 Å². The molecule has 0 spiro atoms. The molecular formula is C12H17FIN3. The number of nitrogens with zero attached hydrogens (tertiary/aromatic N) is 2. The summed E-state index contributed by atoms with van der Waals surface area (Å²) in [6.45, 7) is 5.00. The van der Waals surface area contributed by atoms with Gasteiger partial charge in [0.1, 0.15) is 5.82 Å². The van der Waals surface area contributed by atoms with E-state index in [9.17, 15) is 4.39 Å². The minimum absolute atomic E-state index is 0.194. The van der Waals surface area contributed by atoms with E-state index >= 15 is 0 Å². The van der Waals surface area contributed by atoms with E-state index in [0.29, 0.717) is 15.3 Å². The number of piperazine rings is 1. The average molecular weight is 349 g/mol. The highest BCUT2D eigenvalue weighted by Crippen LogP contribution is 2.30. The fourth-order valence-electron chi connectivity index (χ4n) is 2.30. The van der Waals surface area contributed by atoms with Crippen LogP contribution in [0.4, 0.5) is 15.8 Å². The summed E-state index contributed by atoms with van der Waals surface area (Å²) >= 11 is 1.96. The van der Waals surface area contributed by atoms with Crippen molar-refractivity contribution in [3.05, 3.63) is 21.5 Å². The molecule has 3 nitrogen and oxygen atoms in total. The lowest BCUT2D eigenvalue weighted by atomic mass is 10.1. The molecular weight excluding hydrogens is 332 g/mol. The van der Waals surface area contributed by atoms with E-state index in [4.69, 9.17) is 5.73 Å². The van der Waals surface area contributed by atoms with E-state index in [1.807, 2.05) is 22.6 Å². The summed E-state index contributed by atoms with van der Waals surface area (Å²) in [5.41, 5.74) is 7.47. The van der Waals surface area contributed by atoms with Crippen molar-refractivity contribution in [3.8, 4) is 0 Å². The second-order valence-corrected chi connectivity index (χ2v) is 5.79. The molecule has 0 radical (unpaired) electrons. The molecule has 1 aliphatic heterocycles. The minimum atomic E-state index is -0.194. The molecule has 1 aromatic rings. The number of hydrogen-bond acceptors (Lipinski definition) is 3. The summed E-state index contributed by atoms with van der Waals surface area (Å²) in [6.07, 6.45) is 0. The number of nitrogens with two attached hydrogens (primary N) is 1. The van der Waals surface area contributed by atoms with Crippen LogP contribution < -0.4 is 10.6 Å². The maximum atomic E-state index is 13.6. The molecule has 1 atom stereocenters. The fourth-order valence-corrected chi connectivity index (χ4v) is 2.79. The molecule has 0 saturated carbocycles. The van der Waals surface area contributed by atoms with Gasteiger partial charge in [0.25, 0.3) is 0 Å². The Labute approximate surface area is 115 Å². The summed E-state index contributed by atoms with van der Waals surface area (Å²) in [6, 6.07) is 3.62. The Bertz CT molecular complexity index is 424. The van der Waals surface area contributed by atoms with Gasteiger partial charge in [0.2, 0.25) is 0 Å². The van der Waals surface area contributed by atoms with Crippen molar-refractivity contribution in [1.29, 1.82) is 0 Å². The number of hydrogen-bond donors (Lipinski definition) is 1. The summed E-state index contributed by atoms with van der Waals surface area (Å²) in [5, 5.41) is 0. The molecule has 1 saturated heterocycles. The van der Waals surface area contributed by atoms with Crippen LogP contribution in [-0.2, 0) is 0 Å². The predicted molar refractivity (Wildman–Crippen MR) is 77.8 cm³/mol. The van der Waals surface area contributed by atoms with Crippen LogP contribution in [0.2, 0.25) is 0 Å². The van der Waals surface area contributed by atoms with Crippen LogP contribution in [-0.4, -0.2) is 37.6 Å². The highest BCUT2D eigenvalue weighted by Gasteiger charge is 2.23. The molecule has 2 rings (SSSR count). The second-order valence-electron chi connectivity index (χ2n) is 4.63. The van der Waals surface area contributed by atoms with Gasteiger partial charge in [-0.15, -0.1) is 0 Å². The van der Waals surface area contributed by atoms with Crippen LogP contribution in [0.1, 0.15) is 6.92 Å². The Kier molecular flexibility index (Phi) is 3.77. The number of halogens is 2. The molecule has 94 valence electrons. The zero-order valence-electron chi connectivity index (χ0n) is 10.1. The molecule has 1 fully saturated rings. The van der Waals surface area contributed by atoms with Crippen LogP contribution >= 0.6 is 22.6 Å². The zero-order valence-corrected chi connectivity index (χ0v) is 12.2. The van der Waals surface area contributed by atoms with Crippen LogP contribution in [0.3, 0.4) is 0 Å². The molecule has 0 aliphatic carbocycles. The predicted octanol–water partition coefficient (Wildman–Crippen LogP) is 2.15. The topological polar surface area (TPSA) is 32.5 Å². The van der Waals surface area contributed by atoms with Crippen molar-refractivity contribution in [2.75, 3.05) is 37.3 Å². The third-order valence-corrected chi connectivity index (χ3v) is 4.04. The van der Waals surface area contributed by atoms with E-state index in [0.717, 1.165) is 25.3 Å². The summed E-state index contributed by atoms with van der Waals surface area (Å²) in [7, 11) is 2.10. The monoisotopic (exact) mass is 349 g/mol. The van der Waals surface area contributed by atoms with Crippen LogP contribution in [0.25, 0.3) is 0 Å². The third kappa shape index (κ3) is 2.65. The smallest absolute Gasteiger partial charge is 0.138 e. The van der Waals surface area contributed by atoms with Crippen LogP contribution in [0.5, 0.6) is 0 Å². The summed E-state index contributed by atoms with van der Waals surface area (Å²) in [5.74, 6) is -0.194. The molecule has 1 aromatic carbocycles. The van der Waals surface area contributed by atoms with Crippen molar-refractivity contribution in [2.24, 2.45) is 0 Å². The van der Waals surface area contributed by atoms with Gasteiger partial charge in [0.05, 0.1) is 14.9 Å². The largest absolute Gasteiger partial charge is 0.397 e. The molecule has 0 bridgehead atoms. The first kappa shape index (κ1) is 12.9. The standard InChI is InChI=1S/C12H17FIN3/c1-8-7-16(2)3-4-17(8)12-5-9(13)10(14)6-11(12)15/h5-6,8H,3-4,7,15H2,1-2H3. The van der Waals surface area contributed by atoms with Crippen LogP contribution in [0.15, 0.2) is 12.1 Å². The Morgan fingerprint density at radius 3 is 2.76 bits per heavy atom. The van der Waals surface area contributed by atoms with Gasteiger partial charge in [-0.25, -0.2) is 4.39 Å². The van der Waals surface area contributed by atoms with Crippen molar-refractivity contribution < 1.29 is 4.39 Å². The molecule has 0 aromatic heterocycles. The lowest BCUT2D eigenvalue weighted by Gasteiger charge is -2.40. The van der Waals surface area contributed by atoms with E-state index in [1.54, 1.807) is 12.1 Å². The number of anilines is 2. The Balaban J connectivity index is 2.31. The number of rotatable bonds is 1. The number of benzene rings is 1. The minimum Gasteiger partial charge on any atom is -0.397 e. The fraction of sp³-hybridized carbons (Fsp3) is 0.500. The number of likely N-dealkylation sites (N-methyl/N-ethyl adjacent to an activating group) is 1. The van der Waals surface area contributed by atoms with E-state index in [2.05, 4.69) is 23.8 Å². The lowest BCUT2D eigenvalue weighted by molar-refractivity contribution is 0.275. The Hall–Kier alpha value is -0.560. The highest BCUT2D eigenvalue weighted by atomic mass is 127. The maximum Gasteiger partial charge on any atom is 0.138 e. The molecule has 1 unspecified atom stereocenters. The first-order chi connectivity index (χ1) is 7.99. The summed E-state index contributed by atoms with van der Waals surface area (Å²) in [4.78, 5) is 4.47. The second kappa shape index (κ2) is 4.97. The van der Waals surface area contributed by atoms with Gasteiger partial charge in [0.15, 0.2) is 0 Å². The van der Waals surface area contributed by atoms with Crippen molar-refractivity contribution in [2.45, 2.75) is 13.0 Å². The quantitative estimate of drug-likeness (QED) is 0.623. The van der Waals surface area contributed by atoms with Gasteiger partial charge >= 0.3 is 0 Å². The van der Waals surface area contributed by atoms with Gasteiger partial charge < -0.3 is 15.5 Å². The Morgan fingerprint density at radius 2 is 2.12 bits per heavy atom. The van der Waals surface area contributed by atoms with Crippen molar-refractivity contribution >= 4 is 34.0 Å². The van der Waals surface area contributed by atoms with E-state index < -0.39 is 0 Å². The molecule has 1 aliphatic rings. The molecule has 1 heterocycles. The maximum absolute atomic E-state index is 13.6. The van der Waals surface area contributed by atoms with E-state index in [-0.39, 0.29) is 5.82 Å². The van der Waals surface area contributed by atoms with Crippen LogP contribution in [0, 0.1) is 9.39 Å². The first-order valence-electron chi connectivity index (χ1n) is 5.68. The third-order valence-electron chi connectivity index (χ3n) is 3.21. The SMILES string of the molecule is CC1CN(C)CCN1c1cc(F)c(I)cc1N. The van der Waals surface area contributed by atoms with Gasteiger partial charge in [0, 0.05) is 31.7 Å². The highest BCUT2D eigenvalue weighted by molar-refractivity contribution is 14.1. The van der Waals surface area contributed by atoms with E-state index in [1.165, 1.54) is 0 Å². The summed E-state index contributed by atoms with van der Waals surface area (Å²) < 4.78 is 14.2. The normalized spacial score (nSPS) is 21.9. The van der Waals surface area contributed by atoms with Gasteiger partial charge in [-0.1, -0.05) is 0 Å². The molecule has 0 amide bonds. The molecule has 17 heavy (non-hydrogen) atoms. The van der Waals surface area contributed by atoms with Gasteiger partial charge in [-0.05, 0) is 42.6 Å². The lowest BCUT2D eigenvalue weighted by Crippen LogP contribution is -2.50.